The molecule has 1 aromatic heterocycles. The van der Waals surface area contributed by atoms with E-state index in [2.05, 4.69) is 49.2 Å². The van der Waals surface area contributed by atoms with Crippen molar-refractivity contribution in [2.75, 3.05) is 0 Å². The second kappa shape index (κ2) is 9.26. The highest BCUT2D eigenvalue weighted by Crippen LogP contribution is 2.19. The van der Waals surface area contributed by atoms with Gasteiger partial charge < -0.3 is 9.73 Å². The third-order valence-electron chi connectivity index (χ3n) is 4.26. The van der Waals surface area contributed by atoms with Gasteiger partial charge in [0.2, 0.25) is 0 Å². The van der Waals surface area contributed by atoms with Crippen molar-refractivity contribution in [1.82, 2.24) is 5.32 Å². The molecule has 0 aliphatic carbocycles. The van der Waals surface area contributed by atoms with E-state index in [1.165, 1.54) is 18.4 Å². The number of hydrogen-bond donors (Lipinski definition) is 1. The van der Waals surface area contributed by atoms with Crippen molar-refractivity contribution in [3.63, 3.8) is 0 Å². The standard InChI is InChI=1S/C20H27NO/c1-3-18(13-8-12-17-10-6-5-7-11-17)20(4-2)21-16-19-14-9-15-22-19/h4-7,9-11,14-15,18,20-21H,2-3,8,12-13,16H2,1H3/t18-,20-/m0/s1. The van der Waals surface area contributed by atoms with Gasteiger partial charge in [0.15, 0.2) is 0 Å². The molecule has 22 heavy (non-hydrogen) atoms. The fourth-order valence-electron chi connectivity index (χ4n) is 2.92. The van der Waals surface area contributed by atoms with Crippen LogP contribution in [0.3, 0.4) is 0 Å². The molecule has 2 aromatic rings. The molecule has 1 aromatic carbocycles. The van der Waals surface area contributed by atoms with Crippen molar-refractivity contribution in [2.24, 2.45) is 5.92 Å². The predicted molar refractivity (Wildman–Crippen MR) is 92.7 cm³/mol. The first kappa shape index (κ1) is 16.6. The Balaban J connectivity index is 1.78. The SMILES string of the molecule is C=C[C@H](NCc1ccco1)[C@@H](CC)CCCc1ccccc1. The van der Waals surface area contributed by atoms with E-state index in [-0.39, 0.29) is 0 Å². The Bertz CT molecular complexity index is 518. The van der Waals surface area contributed by atoms with E-state index in [1.54, 1.807) is 6.26 Å². The van der Waals surface area contributed by atoms with Crippen LogP contribution in [0.25, 0.3) is 0 Å². The van der Waals surface area contributed by atoms with Crippen molar-refractivity contribution in [2.45, 2.75) is 45.2 Å². The van der Waals surface area contributed by atoms with Gasteiger partial charge in [-0.25, -0.2) is 0 Å². The molecule has 118 valence electrons. The summed E-state index contributed by atoms with van der Waals surface area (Å²) in [4.78, 5) is 0. The van der Waals surface area contributed by atoms with Crippen LogP contribution in [0.5, 0.6) is 0 Å². The Kier molecular flexibility index (Phi) is 6.98. The number of hydrogen-bond acceptors (Lipinski definition) is 2. The van der Waals surface area contributed by atoms with E-state index in [0.717, 1.165) is 25.1 Å². The van der Waals surface area contributed by atoms with Crippen molar-refractivity contribution < 1.29 is 4.42 Å². The number of benzene rings is 1. The van der Waals surface area contributed by atoms with E-state index in [4.69, 9.17) is 4.42 Å². The van der Waals surface area contributed by atoms with Crippen LogP contribution in [0.15, 0.2) is 65.8 Å². The average Bonchev–Trinajstić information content (AvgIpc) is 3.08. The Morgan fingerprint density at radius 2 is 2.00 bits per heavy atom. The average molecular weight is 297 g/mol. The van der Waals surface area contributed by atoms with Gasteiger partial charge in [-0.2, -0.15) is 0 Å². The first-order valence-electron chi connectivity index (χ1n) is 8.25. The lowest BCUT2D eigenvalue weighted by atomic mass is 9.90. The first-order chi connectivity index (χ1) is 10.8. The third kappa shape index (κ3) is 5.19. The van der Waals surface area contributed by atoms with E-state index >= 15 is 0 Å². The van der Waals surface area contributed by atoms with E-state index in [9.17, 15) is 0 Å². The van der Waals surface area contributed by atoms with Gasteiger partial charge in [-0.3, -0.25) is 0 Å². The van der Waals surface area contributed by atoms with Gasteiger partial charge in [-0.15, -0.1) is 6.58 Å². The smallest absolute Gasteiger partial charge is 0.117 e. The molecule has 0 aliphatic heterocycles. The van der Waals surface area contributed by atoms with Crippen molar-refractivity contribution >= 4 is 0 Å². The molecule has 0 bridgehead atoms. The summed E-state index contributed by atoms with van der Waals surface area (Å²) in [6, 6.07) is 15.0. The van der Waals surface area contributed by atoms with Crippen LogP contribution in [0.1, 0.15) is 37.5 Å². The fourth-order valence-corrected chi connectivity index (χ4v) is 2.92. The maximum absolute atomic E-state index is 5.38. The fraction of sp³-hybridized carbons (Fsp3) is 0.400. The number of aryl methyl sites for hydroxylation is 1. The summed E-state index contributed by atoms with van der Waals surface area (Å²) in [5.41, 5.74) is 1.43. The number of nitrogens with one attached hydrogen (secondary N) is 1. The third-order valence-corrected chi connectivity index (χ3v) is 4.26. The lowest BCUT2D eigenvalue weighted by molar-refractivity contribution is 0.349. The van der Waals surface area contributed by atoms with Crippen molar-refractivity contribution in [3.05, 3.63) is 72.7 Å². The van der Waals surface area contributed by atoms with E-state index < -0.39 is 0 Å². The van der Waals surface area contributed by atoms with Gasteiger partial charge in [0.1, 0.15) is 5.76 Å². The molecule has 2 atom stereocenters. The Labute approximate surface area is 134 Å². The summed E-state index contributed by atoms with van der Waals surface area (Å²) >= 11 is 0. The summed E-state index contributed by atoms with van der Waals surface area (Å²) in [6.45, 7) is 7.03. The Morgan fingerprint density at radius 3 is 2.64 bits per heavy atom. The molecule has 0 saturated heterocycles. The topological polar surface area (TPSA) is 25.2 Å². The highest BCUT2D eigenvalue weighted by Gasteiger charge is 2.16. The molecular weight excluding hydrogens is 270 g/mol. The molecule has 0 spiro atoms. The van der Waals surface area contributed by atoms with Gasteiger partial charge in [0.05, 0.1) is 12.8 Å². The Hall–Kier alpha value is -1.80. The molecule has 2 rings (SSSR count). The zero-order chi connectivity index (χ0) is 15.6. The second-order valence-electron chi connectivity index (χ2n) is 5.77. The lowest BCUT2D eigenvalue weighted by Gasteiger charge is -2.24. The van der Waals surface area contributed by atoms with Crippen LogP contribution in [-0.2, 0) is 13.0 Å². The predicted octanol–water partition coefficient (Wildman–Crippen LogP) is 4.97. The zero-order valence-electron chi connectivity index (χ0n) is 13.5. The normalized spacial score (nSPS) is 13.7. The molecule has 1 N–H and O–H groups in total. The van der Waals surface area contributed by atoms with Gasteiger partial charge in [-0.1, -0.05) is 49.8 Å². The maximum Gasteiger partial charge on any atom is 0.117 e. The van der Waals surface area contributed by atoms with Crippen LogP contribution in [0, 0.1) is 5.92 Å². The summed E-state index contributed by atoms with van der Waals surface area (Å²) in [5, 5.41) is 3.56. The molecular formula is C20H27NO. The Morgan fingerprint density at radius 1 is 1.18 bits per heavy atom. The monoisotopic (exact) mass is 297 g/mol. The van der Waals surface area contributed by atoms with E-state index in [0.29, 0.717) is 12.0 Å². The molecule has 2 heteroatoms. The summed E-state index contributed by atoms with van der Waals surface area (Å²) in [5.74, 6) is 1.60. The van der Waals surface area contributed by atoms with Crippen LogP contribution in [0.2, 0.25) is 0 Å². The second-order valence-corrected chi connectivity index (χ2v) is 5.77. The number of rotatable bonds is 10. The molecule has 0 saturated carbocycles. The first-order valence-corrected chi connectivity index (χ1v) is 8.25. The molecule has 1 heterocycles. The minimum Gasteiger partial charge on any atom is -0.468 e. The van der Waals surface area contributed by atoms with Gasteiger partial charge in [0.25, 0.3) is 0 Å². The van der Waals surface area contributed by atoms with Crippen molar-refractivity contribution in [3.8, 4) is 0 Å². The van der Waals surface area contributed by atoms with Crippen LogP contribution in [0.4, 0.5) is 0 Å². The molecule has 0 fully saturated rings. The minimum atomic E-state index is 0.339. The highest BCUT2D eigenvalue weighted by molar-refractivity contribution is 5.14. The van der Waals surface area contributed by atoms with Gasteiger partial charge >= 0.3 is 0 Å². The molecule has 0 unspecified atom stereocenters. The van der Waals surface area contributed by atoms with Crippen LogP contribution < -0.4 is 5.32 Å². The van der Waals surface area contributed by atoms with E-state index in [1.807, 2.05) is 18.2 Å². The quantitative estimate of drug-likeness (QED) is 0.626. The number of furan rings is 1. The van der Waals surface area contributed by atoms with Gasteiger partial charge in [0, 0.05) is 6.04 Å². The molecule has 0 amide bonds. The van der Waals surface area contributed by atoms with Crippen LogP contribution in [-0.4, -0.2) is 6.04 Å². The highest BCUT2D eigenvalue weighted by atomic mass is 16.3. The molecule has 0 radical (unpaired) electrons. The summed E-state index contributed by atoms with van der Waals surface area (Å²) in [6.07, 6.45) is 8.51. The van der Waals surface area contributed by atoms with Crippen LogP contribution >= 0.6 is 0 Å². The molecule has 0 aliphatic rings. The van der Waals surface area contributed by atoms with Gasteiger partial charge in [-0.05, 0) is 42.9 Å². The molecule has 2 nitrogen and oxygen atoms in total. The van der Waals surface area contributed by atoms with Crippen molar-refractivity contribution in [1.29, 1.82) is 0 Å². The summed E-state index contributed by atoms with van der Waals surface area (Å²) in [7, 11) is 0. The lowest BCUT2D eigenvalue weighted by Crippen LogP contribution is -2.33. The maximum atomic E-state index is 5.38. The minimum absolute atomic E-state index is 0.339. The largest absolute Gasteiger partial charge is 0.468 e. The zero-order valence-corrected chi connectivity index (χ0v) is 13.5. The summed E-state index contributed by atoms with van der Waals surface area (Å²) < 4.78 is 5.38.